The molecule has 0 radical (unpaired) electrons. The summed E-state index contributed by atoms with van der Waals surface area (Å²) >= 11 is 0. The van der Waals surface area contributed by atoms with Crippen LogP contribution in [0.15, 0.2) is 27.8 Å². The lowest BCUT2D eigenvalue weighted by Crippen LogP contribution is -2.38. The minimum atomic E-state index is -0.265. The Kier molecular flexibility index (Phi) is 3.01. The lowest BCUT2D eigenvalue weighted by molar-refractivity contribution is 0.338. The normalized spacial score (nSPS) is 16.9. The molecule has 3 rings (SSSR count). The van der Waals surface area contributed by atoms with Crippen LogP contribution < -0.4 is 11.2 Å². The molecule has 1 aliphatic rings. The second-order valence-corrected chi connectivity index (χ2v) is 5.39. The molecule has 0 aliphatic heterocycles. The van der Waals surface area contributed by atoms with E-state index >= 15 is 0 Å². The largest absolute Gasteiger partial charge is 0.329 e. The van der Waals surface area contributed by atoms with Gasteiger partial charge >= 0.3 is 5.69 Å². The van der Waals surface area contributed by atoms with Crippen molar-refractivity contribution in [1.29, 1.82) is 0 Å². The van der Waals surface area contributed by atoms with E-state index in [0.29, 0.717) is 10.9 Å². The summed E-state index contributed by atoms with van der Waals surface area (Å²) in [7, 11) is 0. The number of hydrogen-bond donors (Lipinski definition) is 1. The summed E-state index contributed by atoms with van der Waals surface area (Å²) in [5.74, 6) is 0. The Morgan fingerprint density at radius 2 is 1.89 bits per heavy atom. The zero-order chi connectivity index (χ0) is 13.4. The van der Waals surface area contributed by atoms with Crippen molar-refractivity contribution in [1.82, 2.24) is 9.55 Å². The number of nitrogens with one attached hydrogen (secondary N) is 1. The van der Waals surface area contributed by atoms with Gasteiger partial charge in [0.2, 0.25) is 0 Å². The summed E-state index contributed by atoms with van der Waals surface area (Å²) in [4.78, 5) is 27.6. The molecular weight excluding hydrogens is 240 g/mol. The van der Waals surface area contributed by atoms with Gasteiger partial charge in [-0.05, 0) is 31.4 Å². The average Bonchev–Trinajstić information content (AvgIpc) is 2.41. The third-order valence-corrected chi connectivity index (χ3v) is 4.11. The summed E-state index contributed by atoms with van der Waals surface area (Å²) < 4.78 is 1.43. The summed E-state index contributed by atoms with van der Waals surface area (Å²) in [6.45, 7) is 1.91. The van der Waals surface area contributed by atoms with Crippen molar-refractivity contribution in [2.45, 2.75) is 45.1 Å². The number of H-pyrrole nitrogens is 1. The molecule has 2 aromatic rings. The zero-order valence-corrected chi connectivity index (χ0v) is 11.1. The molecule has 0 amide bonds. The molecule has 0 unspecified atom stereocenters. The average molecular weight is 258 g/mol. The van der Waals surface area contributed by atoms with Crippen LogP contribution in [0.25, 0.3) is 10.9 Å². The van der Waals surface area contributed by atoms with E-state index < -0.39 is 0 Å². The maximum Gasteiger partial charge on any atom is 0.329 e. The van der Waals surface area contributed by atoms with Crippen molar-refractivity contribution < 1.29 is 0 Å². The monoisotopic (exact) mass is 258 g/mol. The quantitative estimate of drug-likeness (QED) is 0.854. The molecule has 4 heteroatoms. The van der Waals surface area contributed by atoms with Crippen molar-refractivity contribution in [3.8, 4) is 0 Å². The van der Waals surface area contributed by atoms with E-state index in [-0.39, 0.29) is 17.3 Å². The van der Waals surface area contributed by atoms with Crippen LogP contribution in [0.5, 0.6) is 0 Å². The first kappa shape index (κ1) is 12.2. The molecule has 19 heavy (non-hydrogen) atoms. The zero-order valence-electron chi connectivity index (χ0n) is 11.1. The minimum absolute atomic E-state index is 0.0647. The predicted octanol–water partition coefficient (Wildman–Crippen LogP) is 2.50. The van der Waals surface area contributed by atoms with Crippen LogP contribution >= 0.6 is 0 Å². The van der Waals surface area contributed by atoms with Crippen molar-refractivity contribution >= 4 is 10.9 Å². The Labute approximate surface area is 111 Å². The molecule has 1 heterocycles. The Morgan fingerprint density at radius 3 is 2.63 bits per heavy atom. The first-order chi connectivity index (χ1) is 9.18. The molecule has 0 saturated heterocycles. The fourth-order valence-electron chi connectivity index (χ4n) is 3.07. The minimum Gasteiger partial charge on any atom is -0.306 e. The summed E-state index contributed by atoms with van der Waals surface area (Å²) in [5.41, 5.74) is 1.19. The molecule has 1 fully saturated rings. The molecule has 1 saturated carbocycles. The molecule has 1 aromatic heterocycles. The standard InChI is InChI=1S/C15H18N2O2/c1-10-6-5-9-12-13(10)16-15(19)17(14(12)18)11-7-3-2-4-8-11/h5-6,9,11H,2-4,7-8H2,1H3,(H,16,19). The molecular formula is C15H18N2O2. The summed E-state index contributed by atoms with van der Waals surface area (Å²) in [6.07, 6.45) is 5.27. The number of aromatic nitrogens is 2. The SMILES string of the molecule is Cc1cccc2c(=O)n(C3CCCCC3)c(=O)[nH]c12. The fraction of sp³-hybridized carbons (Fsp3) is 0.467. The van der Waals surface area contributed by atoms with Crippen LogP contribution in [0.2, 0.25) is 0 Å². The van der Waals surface area contributed by atoms with Gasteiger partial charge in [-0.2, -0.15) is 0 Å². The maximum absolute atomic E-state index is 12.5. The molecule has 1 aromatic carbocycles. The van der Waals surface area contributed by atoms with Gasteiger partial charge in [0.15, 0.2) is 0 Å². The van der Waals surface area contributed by atoms with E-state index in [2.05, 4.69) is 4.98 Å². The van der Waals surface area contributed by atoms with Gasteiger partial charge in [-0.15, -0.1) is 0 Å². The van der Waals surface area contributed by atoms with Crippen molar-refractivity contribution in [3.05, 3.63) is 44.6 Å². The van der Waals surface area contributed by atoms with Crippen LogP contribution in [0.1, 0.15) is 43.7 Å². The topological polar surface area (TPSA) is 54.9 Å². The van der Waals surface area contributed by atoms with Crippen LogP contribution in [-0.4, -0.2) is 9.55 Å². The van der Waals surface area contributed by atoms with E-state index in [9.17, 15) is 9.59 Å². The smallest absolute Gasteiger partial charge is 0.306 e. The summed E-state index contributed by atoms with van der Waals surface area (Å²) in [5, 5.41) is 0.616. The van der Waals surface area contributed by atoms with Crippen LogP contribution in [0.3, 0.4) is 0 Å². The lowest BCUT2D eigenvalue weighted by atomic mass is 9.95. The lowest BCUT2D eigenvalue weighted by Gasteiger charge is -2.23. The second kappa shape index (κ2) is 4.68. The van der Waals surface area contributed by atoms with Crippen molar-refractivity contribution in [2.24, 2.45) is 0 Å². The van der Waals surface area contributed by atoms with E-state index in [1.807, 2.05) is 19.1 Å². The van der Waals surface area contributed by atoms with Gasteiger partial charge in [0.25, 0.3) is 5.56 Å². The van der Waals surface area contributed by atoms with Gasteiger partial charge in [0, 0.05) is 6.04 Å². The number of rotatable bonds is 1. The Bertz CT molecular complexity index is 721. The van der Waals surface area contributed by atoms with Gasteiger partial charge in [0.1, 0.15) is 0 Å². The van der Waals surface area contributed by atoms with Gasteiger partial charge in [-0.1, -0.05) is 31.4 Å². The highest BCUT2D eigenvalue weighted by Crippen LogP contribution is 2.26. The van der Waals surface area contributed by atoms with Crippen LogP contribution in [-0.2, 0) is 0 Å². The van der Waals surface area contributed by atoms with Crippen molar-refractivity contribution in [2.75, 3.05) is 0 Å². The molecule has 100 valence electrons. The maximum atomic E-state index is 12.5. The Morgan fingerprint density at radius 1 is 1.16 bits per heavy atom. The summed E-state index contributed by atoms with van der Waals surface area (Å²) in [6, 6.07) is 5.63. The number of hydrogen-bond acceptors (Lipinski definition) is 2. The predicted molar refractivity (Wildman–Crippen MR) is 75.7 cm³/mol. The number of aryl methyl sites for hydroxylation is 1. The fourth-order valence-corrected chi connectivity index (χ4v) is 3.07. The Hall–Kier alpha value is -1.84. The molecule has 4 nitrogen and oxygen atoms in total. The first-order valence-electron chi connectivity index (χ1n) is 6.92. The Balaban J connectivity index is 2.26. The number of para-hydroxylation sites is 1. The van der Waals surface area contributed by atoms with Gasteiger partial charge in [-0.3, -0.25) is 9.36 Å². The molecule has 1 N–H and O–H groups in total. The van der Waals surface area contributed by atoms with Gasteiger partial charge in [0.05, 0.1) is 10.9 Å². The highest BCUT2D eigenvalue weighted by Gasteiger charge is 2.20. The number of benzene rings is 1. The number of fused-ring (bicyclic) bond motifs is 1. The molecule has 1 aliphatic carbocycles. The number of aromatic amines is 1. The third-order valence-electron chi connectivity index (χ3n) is 4.11. The van der Waals surface area contributed by atoms with Crippen LogP contribution in [0.4, 0.5) is 0 Å². The molecule has 0 atom stereocenters. The van der Waals surface area contributed by atoms with E-state index in [1.54, 1.807) is 6.07 Å². The van der Waals surface area contributed by atoms with Crippen LogP contribution in [0, 0.1) is 6.92 Å². The van der Waals surface area contributed by atoms with E-state index in [0.717, 1.165) is 31.2 Å². The van der Waals surface area contributed by atoms with Gasteiger partial charge < -0.3 is 4.98 Å². The van der Waals surface area contributed by atoms with E-state index in [1.165, 1.54) is 11.0 Å². The molecule has 0 bridgehead atoms. The first-order valence-corrected chi connectivity index (χ1v) is 6.92. The second-order valence-electron chi connectivity index (χ2n) is 5.39. The van der Waals surface area contributed by atoms with Crippen molar-refractivity contribution in [3.63, 3.8) is 0 Å². The molecule has 0 spiro atoms. The third kappa shape index (κ3) is 2.01. The number of nitrogens with zero attached hydrogens (tertiary/aromatic N) is 1. The highest BCUT2D eigenvalue weighted by molar-refractivity contribution is 5.80. The van der Waals surface area contributed by atoms with Gasteiger partial charge in [-0.25, -0.2) is 4.79 Å². The van der Waals surface area contributed by atoms with E-state index in [4.69, 9.17) is 0 Å². The highest BCUT2D eigenvalue weighted by atomic mass is 16.2.